The number of hydrogen-bond donors (Lipinski definition) is 1. The zero-order chi connectivity index (χ0) is 13.7. The Labute approximate surface area is 104 Å². The summed E-state index contributed by atoms with van der Waals surface area (Å²) in [5.74, 6) is -1.94. The van der Waals surface area contributed by atoms with Gasteiger partial charge in [0, 0.05) is 25.6 Å². The highest BCUT2D eigenvalue weighted by Crippen LogP contribution is 2.27. The number of anilines is 1. The molecule has 0 aliphatic rings. The number of amides is 1. The van der Waals surface area contributed by atoms with Crippen LogP contribution in [0.25, 0.3) is 0 Å². The molecular weight excluding hydrogens is 242 g/mol. The van der Waals surface area contributed by atoms with Crippen LogP contribution in [0.5, 0.6) is 5.75 Å². The summed E-state index contributed by atoms with van der Waals surface area (Å²) in [4.78, 5) is 12.7. The van der Waals surface area contributed by atoms with Crippen molar-refractivity contribution in [2.75, 3.05) is 25.6 Å². The molecular formula is C12H16F2N2O2. The maximum absolute atomic E-state index is 13.7. The molecule has 1 aromatic rings. The van der Waals surface area contributed by atoms with Crippen LogP contribution in [-0.4, -0.2) is 26.6 Å². The lowest BCUT2D eigenvalue weighted by Gasteiger charge is -2.18. The minimum Gasteiger partial charge on any atom is -0.494 e. The lowest BCUT2D eigenvalue weighted by Crippen LogP contribution is -2.27. The molecule has 4 nitrogen and oxygen atoms in total. The van der Waals surface area contributed by atoms with Crippen LogP contribution in [0.4, 0.5) is 14.5 Å². The summed E-state index contributed by atoms with van der Waals surface area (Å²) in [7, 11) is 2.64. The van der Waals surface area contributed by atoms with Crippen molar-refractivity contribution >= 4 is 11.6 Å². The molecule has 0 aliphatic carbocycles. The van der Waals surface area contributed by atoms with Gasteiger partial charge in [-0.05, 0) is 13.0 Å². The van der Waals surface area contributed by atoms with Crippen molar-refractivity contribution < 1.29 is 18.3 Å². The third kappa shape index (κ3) is 3.16. The Morgan fingerprint density at radius 2 is 2.06 bits per heavy atom. The van der Waals surface area contributed by atoms with Crippen molar-refractivity contribution in [1.29, 1.82) is 0 Å². The van der Waals surface area contributed by atoms with E-state index in [2.05, 4.69) is 4.74 Å². The predicted octanol–water partition coefficient (Wildman–Crippen LogP) is 1.68. The van der Waals surface area contributed by atoms with Crippen molar-refractivity contribution in [1.82, 2.24) is 0 Å². The molecule has 1 rings (SSSR count). The van der Waals surface area contributed by atoms with Gasteiger partial charge in [-0.1, -0.05) is 0 Å². The molecule has 0 bridgehead atoms. The molecule has 0 saturated heterocycles. The van der Waals surface area contributed by atoms with E-state index < -0.39 is 11.6 Å². The SMILES string of the molecule is COc1cc(F)c(N(C)C(=O)CCCN)cc1F. The number of rotatable bonds is 5. The van der Waals surface area contributed by atoms with Gasteiger partial charge in [-0.3, -0.25) is 4.79 Å². The Kier molecular flexibility index (Phi) is 5.03. The second-order valence-electron chi connectivity index (χ2n) is 3.78. The van der Waals surface area contributed by atoms with Gasteiger partial charge in [0.05, 0.1) is 12.8 Å². The van der Waals surface area contributed by atoms with Gasteiger partial charge >= 0.3 is 0 Å². The number of carbonyl (C=O) groups is 1. The van der Waals surface area contributed by atoms with Crippen LogP contribution in [0, 0.1) is 11.6 Å². The highest BCUT2D eigenvalue weighted by Gasteiger charge is 2.17. The molecule has 100 valence electrons. The summed E-state index contributed by atoms with van der Waals surface area (Å²) >= 11 is 0. The number of methoxy groups -OCH3 is 1. The van der Waals surface area contributed by atoms with Crippen LogP contribution in [0.2, 0.25) is 0 Å². The van der Waals surface area contributed by atoms with Crippen LogP contribution in [-0.2, 0) is 4.79 Å². The van der Waals surface area contributed by atoms with Crippen LogP contribution in [0.1, 0.15) is 12.8 Å². The third-order valence-electron chi connectivity index (χ3n) is 2.55. The average molecular weight is 258 g/mol. The number of carbonyl (C=O) groups excluding carboxylic acids is 1. The number of hydrogen-bond acceptors (Lipinski definition) is 3. The van der Waals surface area contributed by atoms with E-state index in [0.29, 0.717) is 13.0 Å². The molecule has 0 radical (unpaired) electrons. The molecule has 18 heavy (non-hydrogen) atoms. The van der Waals surface area contributed by atoms with Gasteiger partial charge in [-0.15, -0.1) is 0 Å². The first-order chi connectivity index (χ1) is 8.51. The van der Waals surface area contributed by atoms with Crippen LogP contribution in [0.15, 0.2) is 12.1 Å². The van der Waals surface area contributed by atoms with E-state index in [1.54, 1.807) is 0 Å². The molecule has 6 heteroatoms. The van der Waals surface area contributed by atoms with E-state index in [0.717, 1.165) is 17.0 Å². The molecule has 0 aromatic heterocycles. The summed E-state index contributed by atoms with van der Waals surface area (Å²) in [6, 6.07) is 1.85. The zero-order valence-corrected chi connectivity index (χ0v) is 10.4. The first-order valence-corrected chi connectivity index (χ1v) is 5.51. The van der Waals surface area contributed by atoms with E-state index in [-0.39, 0.29) is 23.8 Å². The quantitative estimate of drug-likeness (QED) is 0.874. The van der Waals surface area contributed by atoms with Crippen molar-refractivity contribution in [2.45, 2.75) is 12.8 Å². The summed E-state index contributed by atoms with van der Waals surface area (Å²) in [6.07, 6.45) is 0.698. The van der Waals surface area contributed by atoms with Gasteiger partial charge in [-0.25, -0.2) is 8.78 Å². The van der Waals surface area contributed by atoms with Gasteiger partial charge in [0.25, 0.3) is 0 Å². The highest BCUT2D eigenvalue weighted by molar-refractivity contribution is 5.93. The standard InChI is InChI=1S/C12H16F2N2O2/c1-16(12(17)4-3-5-15)10-6-9(14)11(18-2)7-8(10)13/h6-7H,3-5,15H2,1-2H3. The Morgan fingerprint density at radius 3 is 2.61 bits per heavy atom. The van der Waals surface area contributed by atoms with Crippen molar-refractivity contribution in [3.63, 3.8) is 0 Å². The molecule has 1 amide bonds. The highest BCUT2D eigenvalue weighted by atomic mass is 19.1. The molecule has 2 N–H and O–H groups in total. The Balaban J connectivity index is 2.95. The smallest absolute Gasteiger partial charge is 0.226 e. The van der Waals surface area contributed by atoms with Gasteiger partial charge in [-0.2, -0.15) is 0 Å². The lowest BCUT2D eigenvalue weighted by molar-refractivity contribution is -0.118. The van der Waals surface area contributed by atoms with Crippen molar-refractivity contribution in [3.8, 4) is 5.75 Å². The molecule has 0 atom stereocenters. The molecule has 0 unspecified atom stereocenters. The van der Waals surface area contributed by atoms with E-state index in [9.17, 15) is 13.6 Å². The lowest BCUT2D eigenvalue weighted by atomic mass is 10.2. The summed E-state index contributed by atoms with van der Waals surface area (Å²) in [5, 5.41) is 0. The van der Waals surface area contributed by atoms with Gasteiger partial charge in [0.1, 0.15) is 0 Å². The summed E-state index contributed by atoms with van der Waals surface area (Å²) in [6.45, 7) is 0.374. The second-order valence-corrected chi connectivity index (χ2v) is 3.78. The molecule has 0 saturated carbocycles. The number of nitrogens with two attached hydrogens (primary N) is 1. The van der Waals surface area contributed by atoms with Crippen molar-refractivity contribution in [3.05, 3.63) is 23.8 Å². The normalized spacial score (nSPS) is 10.3. The predicted molar refractivity (Wildman–Crippen MR) is 64.6 cm³/mol. The fraction of sp³-hybridized carbons (Fsp3) is 0.417. The first-order valence-electron chi connectivity index (χ1n) is 5.51. The van der Waals surface area contributed by atoms with Gasteiger partial charge in [0.15, 0.2) is 17.4 Å². The second kappa shape index (κ2) is 6.30. The molecule has 0 heterocycles. The maximum atomic E-state index is 13.7. The molecule has 0 aliphatic heterocycles. The van der Waals surface area contributed by atoms with Gasteiger partial charge < -0.3 is 15.4 Å². The Hall–Kier alpha value is -1.69. The van der Waals surface area contributed by atoms with Crippen LogP contribution in [0.3, 0.4) is 0 Å². The molecule has 0 spiro atoms. The van der Waals surface area contributed by atoms with E-state index >= 15 is 0 Å². The van der Waals surface area contributed by atoms with Crippen molar-refractivity contribution in [2.24, 2.45) is 5.73 Å². The average Bonchev–Trinajstić information content (AvgIpc) is 2.37. The Morgan fingerprint density at radius 1 is 1.39 bits per heavy atom. The minimum absolute atomic E-state index is 0.115. The Bertz CT molecular complexity index is 438. The number of nitrogens with zero attached hydrogens (tertiary/aromatic N) is 1. The van der Waals surface area contributed by atoms with E-state index in [1.165, 1.54) is 14.2 Å². The summed E-state index contributed by atoms with van der Waals surface area (Å²) < 4.78 is 31.8. The van der Waals surface area contributed by atoms with Crippen LogP contribution < -0.4 is 15.4 Å². The van der Waals surface area contributed by atoms with Crippen LogP contribution >= 0.6 is 0 Å². The number of halogens is 2. The molecule has 0 fully saturated rings. The first kappa shape index (κ1) is 14.4. The largest absolute Gasteiger partial charge is 0.494 e. The summed E-state index contributed by atoms with van der Waals surface area (Å²) in [5.41, 5.74) is 5.17. The van der Waals surface area contributed by atoms with E-state index in [4.69, 9.17) is 5.73 Å². The topological polar surface area (TPSA) is 55.6 Å². The fourth-order valence-electron chi connectivity index (χ4n) is 1.49. The maximum Gasteiger partial charge on any atom is 0.226 e. The fourth-order valence-corrected chi connectivity index (χ4v) is 1.49. The zero-order valence-electron chi connectivity index (χ0n) is 10.4. The minimum atomic E-state index is -0.715. The molecule has 1 aromatic carbocycles. The van der Waals surface area contributed by atoms with E-state index in [1.807, 2.05) is 0 Å². The third-order valence-corrected chi connectivity index (χ3v) is 2.55. The monoisotopic (exact) mass is 258 g/mol. The van der Waals surface area contributed by atoms with Gasteiger partial charge in [0.2, 0.25) is 5.91 Å². The number of benzene rings is 1. The number of ether oxygens (including phenoxy) is 1.